The molecule has 2 aliphatic rings. The van der Waals surface area contributed by atoms with E-state index in [-0.39, 0.29) is 0 Å². The number of likely N-dealkylation sites (tertiary alicyclic amines) is 2. The summed E-state index contributed by atoms with van der Waals surface area (Å²) in [5.41, 5.74) is 1.21. The first kappa shape index (κ1) is 18.7. The molecule has 2 aliphatic heterocycles. The van der Waals surface area contributed by atoms with Crippen LogP contribution >= 0.6 is 0 Å². The summed E-state index contributed by atoms with van der Waals surface area (Å²) in [5.74, 6) is 2.10. The summed E-state index contributed by atoms with van der Waals surface area (Å²) in [6, 6.07) is 8.90. The minimum atomic E-state index is -0.432. The van der Waals surface area contributed by atoms with Crippen LogP contribution in [0.2, 0.25) is 0 Å². The lowest BCUT2D eigenvalue weighted by Gasteiger charge is -2.46. The summed E-state index contributed by atoms with van der Waals surface area (Å²) in [6.07, 6.45) is 3.44. The molecule has 0 aromatic heterocycles. The third kappa shape index (κ3) is 4.75. The number of rotatable bonds is 6. The van der Waals surface area contributed by atoms with E-state index < -0.39 is 6.10 Å². The van der Waals surface area contributed by atoms with E-state index in [4.69, 9.17) is 4.74 Å². The smallest absolute Gasteiger partial charge is 0.122 e. The number of aliphatic hydroxyl groups excluding tert-OH is 1. The molecule has 0 spiro atoms. The molecular formula is C21H34N2O2. The fourth-order valence-corrected chi connectivity index (χ4v) is 4.52. The van der Waals surface area contributed by atoms with Gasteiger partial charge in [-0.05, 0) is 62.9 Å². The molecule has 2 fully saturated rings. The van der Waals surface area contributed by atoms with Crippen molar-refractivity contribution in [3.05, 3.63) is 29.8 Å². The van der Waals surface area contributed by atoms with Crippen LogP contribution in [0.3, 0.4) is 0 Å². The Bertz CT molecular complexity index is 548. The Balaban J connectivity index is 1.48. The van der Waals surface area contributed by atoms with Gasteiger partial charge in [-0.25, -0.2) is 0 Å². The summed E-state index contributed by atoms with van der Waals surface area (Å²) < 4.78 is 5.94. The van der Waals surface area contributed by atoms with Gasteiger partial charge >= 0.3 is 0 Å². The maximum Gasteiger partial charge on any atom is 0.122 e. The molecule has 140 valence electrons. The van der Waals surface area contributed by atoms with Crippen molar-refractivity contribution in [2.75, 3.05) is 39.8 Å². The molecule has 3 rings (SSSR count). The Hall–Kier alpha value is -1.10. The SMILES string of the molecule is CC(C)c1ccccc1OCC(O)CN1CCC2C(CCCN2C)C1. The predicted molar refractivity (Wildman–Crippen MR) is 102 cm³/mol. The van der Waals surface area contributed by atoms with Gasteiger partial charge in [0.05, 0.1) is 0 Å². The minimum absolute atomic E-state index is 0.369. The zero-order valence-electron chi connectivity index (χ0n) is 16.0. The highest BCUT2D eigenvalue weighted by Crippen LogP contribution is 2.30. The molecule has 0 bridgehead atoms. The minimum Gasteiger partial charge on any atom is -0.491 e. The van der Waals surface area contributed by atoms with Crippen molar-refractivity contribution in [3.63, 3.8) is 0 Å². The molecule has 1 aromatic carbocycles. The maximum absolute atomic E-state index is 10.5. The monoisotopic (exact) mass is 346 g/mol. The number of β-amino-alcohol motifs (C(OH)–C–C–N with tert-alkyl or cyclic N) is 1. The van der Waals surface area contributed by atoms with Gasteiger partial charge in [0.15, 0.2) is 0 Å². The lowest BCUT2D eigenvalue weighted by atomic mass is 9.84. The Morgan fingerprint density at radius 2 is 2.00 bits per heavy atom. The molecule has 2 heterocycles. The van der Waals surface area contributed by atoms with Gasteiger partial charge in [-0.2, -0.15) is 0 Å². The second-order valence-electron chi connectivity index (χ2n) is 8.16. The highest BCUT2D eigenvalue weighted by atomic mass is 16.5. The highest BCUT2D eigenvalue weighted by Gasteiger charge is 2.34. The first-order valence-electron chi connectivity index (χ1n) is 9.87. The van der Waals surface area contributed by atoms with E-state index in [1.165, 1.54) is 31.4 Å². The van der Waals surface area contributed by atoms with Crippen LogP contribution < -0.4 is 4.74 Å². The Kier molecular flexibility index (Phi) is 6.37. The molecule has 2 saturated heterocycles. The Morgan fingerprint density at radius 3 is 2.80 bits per heavy atom. The molecule has 0 amide bonds. The van der Waals surface area contributed by atoms with Crippen LogP contribution in [0.4, 0.5) is 0 Å². The molecule has 4 nitrogen and oxygen atoms in total. The van der Waals surface area contributed by atoms with Crippen LogP contribution in [0.25, 0.3) is 0 Å². The molecule has 1 aromatic rings. The second kappa shape index (κ2) is 8.52. The molecule has 0 radical (unpaired) electrons. The Labute approximate surface area is 152 Å². The van der Waals surface area contributed by atoms with Crippen molar-refractivity contribution in [3.8, 4) is 5.75 Å². The van der Waals surface area contributed by atoms with Gasteiger partial charge in [0.1, 0.15) is 18.5 Å². The number of hydrogen-bond donors (Lipinski definition) is 1. The summed E-state index contributed by atoms with van der Waals surface area (Å²) >= 11 is 0. The van der Waals surface area contributed by atoms with Crippen LogP contribution in [0.1, 0.15) is 44.6 Å². The van der Waals surface area contributed by atoms with Crippen molar-refractivity contribution in [1.29, 1.82) is 0 Å². The molecular weight excluding hydrogens is 312 g/mol. The van der Waals surface area contributed by atoms with Crippen LogP contribution in [-0.2, 0) is 0 Å². The number of hydrogen-bond acceptors (Lipinski definition) is 4. The first-order valence-corrected chi connectivity index (χ1v) is 9.87. The standard InChI is InChI=1S/C21H34N2O2/c1-16(2)19-8-4-5-9-21(19)25-15-18(24)14-23-12-10-20-17(13-23)7-6-11-22(20)3/h4-5,8-9,16-18,20,24H,6-7,10-15H2,1-3H3. The number of benzene rings is 1. The van der Waals surface area contributed by atoms with Crippen molar-refractivity contribution >= 4 is 0 Å². The number of piperidine rings is 2. The summed E-state index contributed by atoms with van der Waals surface area (Å²) in [7, 11) is 2.27. The van der Waals surface area contributed by atoms with Crippen LogP contribution in [-0.4, -0.2) is 66.9 Å². The number of fused-ring (bicyclic) bond motifs is 1. The van der Waals surface area contributed by atoms with E-state index in [1.807, 2.05) is 18.2 Å². The topological polar surface area (TPSA) is 35.9 Å². The molecule has 1 N–H and O–H groups in total. The molecule has 3 unspecified atom stereocenters. The van der Waals surface area contributed by atoms with Crippen molar-refractivity contribution < 1.29 is 9.84 Å². The van der Waals surface area contributed by atoms with E-state index in [0.717, 1.165) is 37.3 Å². The number of para-hydroxylation sites is 1. The third-order valence-corrected chi connectivity index (χ3v) is 5.87. The maximum atomic E-state index is 10.5. The number of ether oxygens (including phenoxy) is 1. The van der Waals surface area contributed by atoms with Crippen molar-refractivity contribution in [2.24, 2.45) is 5.92 Å². The zero-order valence-corrected chi connectivity index (χ0v) is 16.0. The van der Waals surface area contributed by atoms with Gasteiger partial charge in [0, 0.05) is 19.1 Å². The summed E-state index contributed by atoms with van der Waals surface area (Å²) in [5, 5.41) is 10.5. The van der Waals surface area contributed by atoms with E-state index in [0.29, 0.717) is 12.5 Å². The summed E-state index contributed by atoms with van der Waals surface area (Å²) in [6.45, 7) is 8.88. The largest absolute Gasteiger partial charge is 0.491 e. The highest BCUT2D eigenvalue weighted by molar-refractivity contribution is 5.35. The lowest BCUT2D eigenvalue weighted by Crippen LogP contribution is -2.54. The fourth-order valence-electron chi connectivity index (χ4n) is 4.52. The van der Waals surface area contributed by atoms with E-state index in [9.17, 15) is 5.11 Å². The Morgan fingerprint density at radius 1 is 1.20 bits per heavy atom. The van der Waals surface area contributed by atoms with Crippen molar-refractivity contribution in [1.82, 2.24) is 9.80 Å². The average Bonchev–Trinajstić information content (AvgIpc) is 2.60. The normalized spacial score (nSPS) is 26.4. The predicted octanol–water partition coefficient (Wildman–Crippen LogP) is 2.97. The number of aliphatic hydroxyl groups is 1. The fraction of sp³-hybridized carbons (Fsp3) is 0.714. The molecule has 25 heavy (non-hydrogen) atoms. The molecule has 3 atom stereocenters. The van der Waals surface area contributed by atoms with Gasteiger partial charge in [-0.1, -0.05) is 32.0 Å². The van der Waals surface area contributed by atoms with E-state index in [2.05, 4.69) is 36.8 Å². The van der Waals surface area contributed by atoms with Gasteiger partial charge in [0.2, 0.25) is 0 Å². The molecule has 0 saturated carbocycles. The average molecular weight is 347 g/mol. The quantitative estimate of drug-likeness (QED) is 0.859. The van der Waals surface area contributed by atoms with Gasteiger partial charge < -0.3 is 19.6 Å². The number of nitrogens with zero attached hydrogens (tertiary/aromatic N) is 2. The van der Waals surface area contributed by atoms with Crippen LogP contribution in [0.15, 0.2) is 24.3 Å². The molecule has 4 heteroatoms. The van der Waals surface area contributed by atoms with E-state index >= 15 is 0 Å². The van der Waals surface area contributed by atoms with E-state index in [1.54, 1.807) is 0 Å². The molecule has 0 aliphatic carbocycles. The summed E-state index contributed by atoms with van der Waals surface area (Å²) in [4.78, 5) is 4.97. The van der Waals surface area contributed by atoms with Gasteiger partial charge in [-0.15, -0.1) is 0 Å². The second-order valence-corrected chi connectivity index (χ2v) is 8.16. The van der Waals surface area contributed by atoms with Crippen molar-refractivity contribution in [2.45, 2.75) is 51.2 Å². The van der Waals surface area contributed by atoms with Gasteiger partial charge in [0.25, 0.3) is 0 Å². The van der Waals surface area contributed by atoms with Crippen LogP contribution in [0.5, 0.6) is 5.75 Å². The van der Waals surface area contributed by atoms with Gasteiger partial charge in [-0.3, -0.25) is 0 Å². The first-order chi connectivity index (χ1) is 12.0. The zero-order chi connectivity index (χ0) is 17.8. The third-order valence-electron chi connectivity index (χ3n) is 5.87. The van der Waals surface area contributed by atoms with Crippen LogP contribution in [0, 0.1) is 5.92 Å². The lowest BCUT2D eigenvalue weighted by molar-refractivity contribution is 0.00785.